The Hall–Kier alpha value is -3.31. The Kier molecular flexibility index (Phi) is 4.02. The summed E-state index contributed by atoms with van der Waals surface area (Å²) in [5.74, 6) is 0.344. The zero-order valence-corrected chi connectivity index (χ0v) is 15.6. The molecule has 0 saturated carbocycles. The summed E-state index contributed by atoms with van der Waals surface area (Å²) in [7, 11) is 0. The molecule has 0 fully saturated rings. The van der Waals surface area contributed by atoms with E-state index < -0.39 is 0 Å². The van der Waals surface area contributed by atoms with Gasteiger partial charge in [0.15, 0.2) is 5.78 Å². The summed E-state index contributed by atoms with van der Waals surface area (Å²) in [6.45, 7) is 0.0257. The van der Waals surface area contributed by atoms with Crippen molar-refractivity contribution in [2.45, 2.75) is 13.0 Å². The first-order valence-electron chi connectivity index (χ1n) is 8.96. The third-order valence-corrected chi connectivity index (χ3v) is 5.30. The van der Waals surface area contributed by atoms with Gasteiger partial charge < -0.3 is 0 Å². The van der Waals surface area contributed by atoms with Gasteiger partial charge in [0, 0.05) is 11.1 Å². The van der Waals surface area contributed by atoms with E-state index in [9.17, 15) is 4.79 Å². The Morgan fingerprint density at radius 1 is 0.929 bits per heavy atom. The first-order chi connectivity index (χ1) is 13.7. The minimum Gasteiger partial charge on any atom is -0.292 e. The number of ketones is 1. The lowest BCUT2D eigenvalue weighted by atomic mass is 10.0. The van der Waals surface area contributed by atoms with Crippen molar-refractivity contribution in [3.63, 3.8) is 0 Å². The minimum atomic E-state index is -0.0599. The van der Waals surface area contributed by atoms with Crippen molar-refractivity contribution in [2.75, 3.05) is 0 Å². The number of halogens is 1. The van der Waals surface area contributed by atoms with Crippen LogP contribution in [0.1, 0.15) is 21.5 Å². The summed E-state index contributed by atoms with van der Waals surface area (Å²) in [4.78, 5) is 14.1. The highest BCUT2D eigenvalue weighted by atomic mass is 35.5. The number of tetrazole rings is 1. The van der Waals surface area contributed by atoms with Gasteiger partial charge in [-0.25, -0.2) is 0 Å². The quantitative estimate of drug-likeness (QED) is 0.428. The normalized spacial score (nSPS) is 11.9. The highest BCUT2D eigenvalue weighted by Crippen LogP contribution is 2.36. The second-order valence-electron chi connectivity index (χ2n) is 6.75. The van der Waals surface area contributed by atoms with Gasteiger partial charge in [-0.2, -0.15) is 4.80 Å². The summed E-state index contributed by atoms with van der Waals surface area (Å²) in [5.41, 5.74) is 6.21. The summed E-state index contributed by atoms with van der Waals surface area (Å²) >= 11 is 6.18. The van der Waals surface area contributed by atoms with Gasteiger partial charge in [-0.1, -0.05) is 60.1 Å². The molecule has 6 heteroatoms. The molecule has 0 radical (unpaired) electrons. The topological polar surface area (TPSA) is 60.7 Å². The van der Waals surface area contributed by atoms with Crippen LogP contribution >= 0.6 is 11.6 Å². The number of nitrogens with zero attached hydrogens (tertiary/aromatic N) is 4. The minimum absolute atomic E-state index is 0.0257. The molecule has 4 aromatic rings. The predicted molar refractivity (Wildman–Crippen MR) is 107 cm³/mol. The van der Waals surface area contributed by atoms with E-state index in [2.05, 4.69) is 27.5 Å². The van der Waals surface area contributed by atoms with Crippen molar-refractivity contribution in [1.82, 2.24) is 20.2 Å². The van der Waals surface area contributed by atoms with Crippen LogP contribution in [0.4, 0.5) is 0 Å². The molecule has 1 aliphatic carbocycles. The molecule has 0 atom stereocenters. The fraction of sp³-hybridized carbons (Fsp3) is 0.0909. The van der Waals surface area contributed by atoms with Gasteiger partial charge in [-0.05, 0) is 52.1 Å². The van der Waals surface area contributed by atoms with Gasteiger partial charge in [0.2, 0.25) is 5.82 Å². The largest absolute Gasteiger partial charge is 0.292 e. The van der Waals surface area contributed by atoms with Gasteiger partial charge in [0.1, 0.15) is 6.54 Å². The molecule has 1 aromatic heterocycles. The highest BCUT2D eigenvalue weighted by molar-refractivity contribution is 6.33. The fourth-order valence-electron chi connectivity index (χ4n) is 3.58. The van der Waals surface area contributed by atoms with E-state index in [4.69, 9.17) is 11.6 Å². The number of aromatic nitrogens is 4. The lowest BCUT2D eigenvalue weighted by Gasteiger charge is -2.05. The molecule has 0 unspecified atom stereocenters. The molecule has 0 N–H and O–H groups in total. The number of hydrogen-bond donors (Lipinski definition) is 0. The van der Waals surface area contributed by atoms with Crippen LogP contribution in [0, 0.1) is 0 Å². The van der Waals surface area contributed by atoms with E-state index in [0.717, 1.165) is 12.0 Å². The average Bonchev–Trinajstić information content (AvgIpc) is 3.32. The van der Waals surface area contributed by atoms with Crippen LogP contribution in [-0.4, -0.2) is 26.0 Å². The Bertz CT molecular complexity index is 1210. The number of carbonyl (C=O) groups is 1. The van der Waals surface area contributed by atoms with Crippen molar-refractivity contribution >= 4 is 17.4 Å². The number of fused-ring (bicyclic) bond motifs is 3. The lowest BCUT2D eigenvalue weighted by molar-refractivity contribution is 0.0961. The van der Waals surface area contributed by atoms with Crippen molar-refractivity contribution < 1.29 is 4.79 Å². The predicted octanol–water partition coefficient (Wildman–Crippen LogP) is 4.45. The molecule has 3 aromatic carbocycles. The molecule has 5 rings (SSSR count). The molecule has 5 nitrogen and oxygen atoms in total. The van der Waals surface area contributed by atoms with Crippen LogP contribution in [0.3, 0.4) is 0 Å². The van der Waals surface area contributed by atoms with Crippen LogP contribution in [0.25, 0.3) is 22.5 Å². The zero-order chi connectivity index (χ0) is 19.1. The summed E-state index contributed by atoms with van der Waals surface area (Å²) in [6, 6.07) is 21.5. The van der Waals surface area contributed by atoms with Gasteiger partial charge in [0.25, 0.3) is 0 Å². The molecule has 28 heavy (non-hydrogen) atoms. The molecule has 0 bridgehead atoms. The lowest BCUT2D eigenvalue weighted by Crippen LogP contribution is -2.13. The summed E-state index contributed by atoms with van der Waals surface area (Å²) < 4.78 is 0. The van der Waals surface area contributed by atoms with Crippen LogP contribution < -0.4 is 0 Å². The molecule has 0 amide bonds. The standard InChI is InChI=1S/C22H15ClN4O/c23-20-8-4-3-7-18(20)22-24-26-27(25-22)13-21(28)16-10-9-15-11-14-5-1-2-6-17(14)19(15)12-16/h1-10,12H,11,13H2. The van der Waals surface area contributed by atoms with E-state index in [-0.39, 0.29) is 12.3 Å². The molecular formula is C22H15ClN4O. The van der Waals surface area contributed by atoms with Crippen LogP contribution in [0.5, 0.6) is 0 Å². The van der Waals surface area contributed by atoms with E-state index in [1.54, 1.807) is 6.07 Å². The molecular weight excluding hydrogens is 372 g/mol. The molecule has 1 aliphatic rings. The maximum atomic E-state index is 12.8. The Morgan fingerprint density at radius 2 is 1.68 bits per heavy atom. The fourth-order valence-corrected chi connectivity index (χ4v) is 3.80. The summed E-state index contributed by atoms with van der Waals surface area (Å²) in [6.07, 6.45) is 0.909. The van der Waals surface area contributed by atoms with Crippen LogP contribution in [-0.2, 0) is 13.0 Å². The Balaban J connectivity index is 1.40. The Morgan fingerprint density at radius 3 is 2.54 bits per heavy atom. The number of Topliss-reactive ketones (excluding diaryl/α,β-unsaturated/α-hetero) is 1. The first-order valence-corrected chi connectivity index (χ1v) is 9.34. The van der Waals surface area contributed by atoms with E-state index in [1.165, 1.54) is 21.5 Å². The number of benzene rings is 3. The van der Waals surface area contributed by atoms with Crippen molar-refractivity contribution in [1.29, 1.82) is 0 Å². The Labute approximate surface area is 166 Å². The van der Waals surface area contributed by atoms with E-state index >= 15 is 0 Å². The van der Waals surface area contributed by atoms with Crippen molar-refractivity contribution in [2.24, 2.45) is 0 Å². The molecule has 136 valence electrons. The molecule has 1 heterocycles. The maximum absolute atomic E-state index is 12.8. The van der Waals surface area contributed by atoms with Crippen molar-refractivity contribution in [3.8, 4) is 22.5 Å². The van der Waals surface area contributed by atoms with E-state index in [0.29, 0.717) is 22.0 Å². The smallest absolute Gasteiger partial charge is 0.206 e. The second kappa shape index (κ2) is 6.69. The highest BCUT2D eigenvalue weighted by Gasteiger charge is 2.20. The zero-order valence-electron chi connectivity index (χ0n) is 14.8. The average molecular weight is 387 g/mol. The van der Waals surface area contributed by atoms with Gasteiger partial charge in [-0.15, -0.1) is 10.2 Å². The van der Waals surface area contributed by atoms with Crippen molar-refractivity contribution in [3.05, 3.63) is 88.4 Å². The first kappa shape index (κ1) is 16.8. The third kappa shape index (κ3) is 2.90. The molecule has 0 aliphatic heterocycles. The molecule has 0 saturated heterocycles. The maximum Gasteiger partial charge on any atom is 0.206 e. The van der Waals surface area contributed by atoms with Crippen LogP contribution in [0.2, 0.25) is 5.02 Å². The number of carbonyl (C=O) groups excluding carboxylic acids is 1. The van der Waals surface area contributed by atoms with Crippen LogP contribution in [0.15, 0.2) is 66.7 Å². The summed E-state index contributed by atoms with van der Waals surface area (Å²) in [5, 5.41) is 12.9. The molecule has 0 spiro atoms. The van der Waals surface area contributed by atoms with Gasteiger partial charge in [0.05, 0.1) is 5.02 Å². The van der Waals surface area contributed by atoms with E-state index in [1.807, 2.05) is 48.5 Å². The monoisotopic (exact) mass is 386 g/mol. The third-order valence-electron chi connectivity index (χ3n) is 4.97. The number of hydrogen-bond acceptors (Lipinski definition) is 4. The second-order valence-corrected chi connectivity index (χ2v) is 7.16. The number of rotatable bonds is 4. The van der Waals surface area contributed by atoms with Gasteiger partial charge >= 0.3 is 0 Å². The SMILES string of the molecule is O=C(Cn1nnc(-c2ccccc2Cl)n1)c1ccc2c(c1)-c1ccccc1C2. The van der Waals surface area contributed by atoms with Gasteiger partial charge in [-0.3, -0.25) is 4.79 Å².